The molecule has 1 aliphatic rings. The van der Waals surface area contributed by atoms with Crippen molar-refractivity contribution in [3.8, 4) is 6.01 Å². The zero-order valence-electron chi connectivity index (χ0n) is 19.4. The number of imidazole rings is 1. The van der Waals surface area contributed by atoms with E-state index in [1.165, 1.54) is 0 Å². The number of halogens is 3. The number of furan rings is 1. The highest BCUT2D eigenvalue weighted by molar-refractivity contribution is 5.75. The van der Waals surface area contributed by atoms with Gasteiger partial charge in [0.15, 0.2) is 6.61 Å². The number of alkyl halides is 3. The number of para-hydroxylation sites is 2. The van der Waals surface area contributed by atoms with E-state index in [-0.39, 0.29) is 30.2 Å². The molecule has 10 nitrogen and oxygen atoms in total. The topological polar surface area (TPSA) is 114 Å². The molecule has 0 saturated carbocycles. The first-order valence-electron chi connectivity index (χ1n) is 11.4. The van der Waals surface area contributed by atoms with Gasteiger partial charge in [-0.25, -0.2) is 4.79 Å². The number of anilines is 2. The van der Waals surface area contributed by atoms with E-state index in [1.54, 1.807) is 16.7 Å². The number of benzene rings is 1. The Kier molecular flexibility index (Phi) is 6.29. The van der Waals surface area contributed by atoms with Crippen LogP contribution >= 0.6 is 0 Å². The molecule has 36 heavy (non-hydrogen) atoms. The minimum Gasteiger partial charge on any atom is -0.465 e. The van der Waals surface area contributed by atoms with Gasteiger partial charge >= 0.3 is 17.9 Å². The second-order valence-electron chi connectivity index (χ2n) is 8.55. The Hall–Kier alpha value is -4.03. The lowest BCUT2D eigenvalue weighted by Crippen LogP contribution is -2.38. The summed E-state index contributed by atoms with van der Waals surface area (Å²) in [7, 11) is 0. The average Bonchev–Trinajstić information content (AvgIpc) is 3.42. The van der Waals surface area contributed by atoms with Gasteiger partial charge in [0.05, 0.1) is 17.6 Å². The molecule has 0 bridgehead atoms. The first kappa shape index (κ1) is 23.7. The summed E-state index contributed by atoms with van der Waals surface area (Å²) >= 11 is 0. The number of hydrogen-bond acceptors (Lipinski definition) is 8. The number of piperidine rings is 1. The van der Waals surface area contributed by atoms with Crippen LogP contribution in [0.2, 0.25) is 0 Å². The van der Waals surface area contributed by atoms with E-state index in [0.717, 1.165) is 16.8 Å². The van der Waals surface area contributed by atoms with Crippen LogP contribution < -0.4 is 20.6 Å². The summed E-state index contributed by atoms with van der Waals surface area (Å²) in [5, 5.41) is 2.96. The molecule has 0 spiro atoms. The SMILES string of the molecule is Cc1ccc(CNc2nc(OCC(F)(F)F)nc(N3CCC(n4c(=O)[nH]c5ccccc54)CC3)n2)o1. The van der Waals surface area contributed by atoms with Gasteiger partial charge in [0.1, 0.15) is 11.5 Å². The third-order valence-electron chi connectivity index (χ3n) is 5.92. The molecule has 1 fully saturated rings. The third-order valence-corrected chi connectivity index (χ3v) is 5.92. The summed E-state index contributed by atoms with van der Waals surface area (Å²) in [4.78, 5) is 29.8. The van der Waals surface area contributed by atoms with Crippen molar-refractivity contribution in [2.45, 2.75) is 38.5 Å². The number of aromatic nitrogens is 5. The second-order valence-corrected chi connectivity index (χ2v) is 8.55. The smallest absolute Gasteiger partial charge is 0.422 e. The summed E-state index contributed by atoms with van der Waals surface area (Å²) in [5.41, 5.74) is 1.44. The van der Waals surface area contributed by atoms with E-state index in [4.69, 9.17) is 9.15 Å². The Morgan fingerprint density at radius 1 is 1.14 bits per heavy atom. The van der Waals surface area contributed by atoms with Gasteiger partial charge < -0.3 is 24.4 Å². The zero-order valence-corrected chi connectivity index (χ0v) is 19.4. The van der Waals surface area contributed by atoms with Gasteiger partial charge in [-0.3, -0.25) is 4.57 Å². The maximum absolute atomic E-state index is 12.7. The summed E-state index contributed by atoms with van der Waals surface area (Å²) in [6.07, 6.45) is -3.28. The molecule has 3 aromatic heterocycles. The molecular weight excluding hydrogens is 479 g/mol. The molecule has 0 radical (unpaired) electrons. The fourth-order valence-electron chi connectivity index (χ4n) is 4.28. The standard InChI is InChI=1S/C23H24F3N7O3/c1-14-6-7-16(36-14)12-27-19-29-20(31-21(30-19)35-13-23(24,25)26)32-10-8-15(9-11-32)33-18-5-3-2-4-17(18)28-22(33)34/h2-7,15H,8-13H2,1H3,(H,28,34)(H,27,29,30,31). The van der Waals surface area contributed by atoms with Gasteiger partial charge in [0.2, 0.25) is 11.9 Å². The number of aromatic amines is 1. The van der Waals surface area contributed by atoms with Crippen LogP contribution in [-0.2, 0) is 6.54 Å². The minimum absolute atomic E-state index is 0.0347. The molecule has 4 heterocycles. The van der Waals surface area contributed by atoms with Crippen LogP contribution in [0.4, 0.5) is 25.1 Å². The molecule has 0 atom stereocenters. The van der Waals surface area contributed by atoms with E-state index in [2.05, 4.69) is 25.3 Å². The van der Waals surface area contributed by atoms with Crippen LogP contribution in [0, 0.1) is 6.92 Å². The Bertz CT molecular complexity index is 1400. The van der Waals surface area contributed by atoms with Gasteiger partial charge in [-0.2, -0.15) is 28.1 Å². The number of ether oxygens (including phenoxy) is 1. The van der Waals surface area contributed by atoms with Crippen molar-refractivity contribution < 1.29 is 22.3 Å². The fraction of sp³-hybridized carbons (Fsp3) is 0.391. The summed E-state index contributed by atoms with van der Waals surface area (Å²) in [6.45, 7) is 1.52. The number of rotatable bonds is 7. The van der Waals surface area contributed by atoms with E-state index < -0.39 is 18.8 Å². The van der Waals surface area contributed by atoms with Crippen molar-refractivity contribution in [3.05, 3.63) is 58.4 Å². The summed E-state index contributed by atoms with van der Waals surface area (Å²) in [6, 6.07) is 10.6. The second kappa shape index (κ2) is 9.55. The molecule has 1 aliphatic heterocycles. The fourth-order valence-corrected chi connectivity index (χ4v) is 4.28. The first-order valence-corrected chi connectivity index (χ1v) is 11.4. The number of fused-ring (bicyclic) bond motifs is 1. The molecule has 1 saturated heterocycles. The Balaban J connectivity index is 1.33. The molecule has 4 aromatic rings. The van der Waals surface area contributed by atoms with E-state index in [1.807, 2.05) is 36.1 Å². The predicted molar refractivity (Wildman–Crippen MR) is 125 cm³/mol. The largest absolute Gasteiger partial charge is 0.465 e. The van der Waals surface area contributed by atoms with E-state index in [0.29, 0.717) is 31.7 Å². The molecule has 5 rings (SSSR count). The van der Waals surface area contributed by atoms with Crippen molar-refractivity contribution in [1.29, 1.82) is 0 Å². The molecule has 2 N–H and O–H groups in total. The lowest BCUT2D eigenvalue weighted by atomic mass is 10.0. The number of hydrogen-bond donors (Lipinski definition) is 2. The van der Waals surface area contributed by atoms with Crippen LogP contribution in [0.25, 0.3) is 11.0 Å². The molecule has 0 aliphatic carbocycles. The Labute approximate surface area is 203 Å². The molecule has 1 aromatic carbocycles. The average molecular weight is 503 g/mol. The first-order chi connectivity index (χ1) is 17.2. The lowest BCUT2D eigenvalue weighted by molar-refractivity contribution is -0.154. The van der Waals surface area contributed by atoms with Crippen molar-refractivity contribution >= 4 is 22.9 Å². The van der Waals surface area contributed by atoms with Crippen molar-refractivity contribution in [2.75, 3.05) is 29.9 Å². The third kappa shape index (κ3) is 5.29. The quantitative estimate of drug-likeness (QED) is 0.391. The van der Waals surface area contributed by atoms with Crippen LogP contribution in [0.3, 0.4) is 0 Å². The van der Waals surface area contributed by atoms with Crippen LogP contribution in [0.15, 0.2) is 45.6 Å². The number of H-pyrrole nitrogens is 1. The summed E-state index contributed by atoms with van der Waals surface area (Å²) < 4.78 is 50.3. The zero-order chi connectivity index (χ0) is 25.3. The Morgan fingerprint density at radius 2 is 1.92 bits per heavy atom. The van der Waals surface area contributed by atoms with Gasteiger partial charge in [-0.1, -0.05) is 12.1 Å². The highest BCUT2D eigenvalue weighted by atomic mass is 19.4. The maximum Gasteiger partial charge on any atom is 0.422 e. The minimum atomic E-state index is -4.53. The Morgan fingerprint density at radius 3 is 2.64 bits per heavy atom. The predicted octanol–water partition coefficient (Wildman–Crippen LogP) is 3.81. The maximum atomic E-state index is 12.7. The molecular formula is C23H24F3N7O3. The van der Waals surface area contributed by atoms with Crippen molar-refractivity contribution in [3.63, 3.8) is 0 Å². The van der Waals surface area contributed by atoms with Crippen LogP contribution in [0.5, 0.6) is 6.01 Å². The molecule has 0 unspecified atom stereocenters. The van der Waals surface area contributed by atoms with Crippen LogP contribution in [-0.4, -0.2) is 50.4 Å². The van der Waals surface area contributed by atoms with Crippen LogP contribution in [0.1, 0.15) is 30.4 Å². The molecule has 13 heteroatoms. The van der Waals surface area contributed by atoms with Gasteiger partial charge in [0.25, 0.3) is 0 Å². The molecule has 0 amide bonds. The lowest BCUT2D eigenvalue weighted by Gasteiger charge is -2.32. The van der Waals surface area contributed by atoms with Gasteiger partial charge in [-0.15, -0.1) is 0 Å². The normalized spacial score (nSPS) is 14.9. The highest BCUT2D eigenvalue weighted by Gasteiger charge is 2.30. The molecule has 190 valence electrons. The number of aryl methyl sites for hydroxylation is 1. The highest BCUT2D eigenvalue weighted by Crippen LogP contribution is 2.28. The van der Waals surface area contributed by atoms with Gasteiger partial charge in [0, 0.05) is 19.1 Å². The monoisotopic (exact) mass is 503 g/mol. The van der Waals surface area contributed by atoms with E-state index in [9.17, 15) is 18.0 Å². The van der Waals surface area contributed by atoms with Crippen molar-refractivity contribution in [1.82, 2.24) is 24.5 Å². The number of nitrogens with one attached hydrogen (secondary N) is 2. The van der Waals surface area contributed by atoms with E-state index >= 15 is 0 Å². The van der Waals surface area contributed by atoms with Crippen molar-refractivity contribution in [2.24, 2.45) is 0 Å². The van der Waals surface area contributed by atoms with Gasteiger partial charge in [-0.05, 0) is 44.0 Å². The number of nitrogens with zero attached hydrogens (tertiary/aromatic N) is 5. The summed E-state index contributed by atoms with van der Waals surface area (Å²) in [5.74, 6) is 1.62.